The summed E-state index contributed by atoms with van der Waals surface area (Å²) in [5.74, 6) is 2.04. The zero-order valence-corrected chi connectivity index (χ0v) is 9.14. The van der Waals surface area contributed by atoms with E-state index >= 15 is 0 Å². The molecule has 0 saturated carbocycles. The molecule has 2 aromatic rings. The maximum absolute atomic E-state index is 11.7. The van der Waals surface area contributed by atoms with Crippen molar-refractivity contribution in [3.8, 4) is 12.3 Å². The van der Waals surface area contributed by atoms with Crippen LogP contribution in [0.25, 0.3) is 10.9 Å². The molecule has 1 aromatic heterocycles. The molecule has 1 heterocycles. The van der Waals surface area contributed by atoms with Gasteiger partial charge in [0.05, 0.1) is 11.6 Å². The number of amides is 1. The summed E-state index contributed by atoms with van der Waals surface area (Å²) >= 11 is 6.09. The molecule has 2 rings (SSSR count). The van der Waals surface area contributed by atoms with E-state index in [0.29, 0.717) is 10.7 Å². The van der Waals surface area contributed by atoms with Gasteiger partial charge in [0.25, 0.3) is 5.91 Å². The van der Waals surface area contributed by atoms with E-state index in [4.69, 9.17) is 18.0 Å². The predicted molar refractivity (Wildman–Crippen MR) is 64.5 cm³/mol. The number of fused-ring (bicyclic) bond motifs is 1. The van der Waals surface area contributed by atoms with Crippen molar-refractivity contribution in [2.45, 2.75) is 0 Å². The SMILES string of the molecule is C#CCNC(=O)c1[nH]c2ccccc2c1Cl. The van der Waals surface area contributed by atoms with Crippen LogP contribution in [0.3, 0.4) is 0 Å². The van der Waals surface area contributed by atoms with Crippen LogP contribution < -0.4 is 5.32 Å². The summed E-state index contributed by atoms with van der Waals surface area (Å²) in [6, 6.07) is 7.45. The number of H-pyrrole nitrogens is 1. The highest BCUT2D eigenvalue weighted by atomic mass is 35.5. The number of hydrogen-bond acceptors (Lipinski definition) is 1. The van der Waals surface area contributed by atoms with Gasteiger partial charge in [0.15, 0.2) is 0 Å². The van der Waals surface area contributed by atoms with Gasteiger partial charge < -0.3 is 10.3 Å². The molecule has 0 spiro atoms. The lowest BCUT2D eigenvalue weighted by atomic mass is 10.2. The van der Waals surface area contributed by atoms with Crippen LogP contribution in [0.2, 0.25) is 5.02 Å². The number of nitrogens with one attached hydrogen (secondary N) is 2. The topological polar surface area (TPSA) is 44.9 Å². The molecular formula is C12H9ClN2O. The van der Waals surface area contributed by atoms with Crippen molar-refractivity contribution in [3.63, 3.8) is 0 Å². The summed E-state index contributed by atoms with van der Waals surface area (Å²) in [7, 11) is 0. The molecular weight excluding hydrogens is 224 g/mol. The maximum Gasteiger partial charge on any atom is 0.270 e. The van der Waals surface area contributed by atoms with Crippen molar-refractivity contribution in [2.24, 2.45) is 0 Å². The van der Waals surface area contributed by atoms with Crippen LogP contribution in [0, 0.1) is 12.3 Å². The summed E-state index contributed by atoms with van der Waals surface area (Å²) < 4.78 is 0. The van der Waals surface area contributed by atoms with Gasteiger partial charge in [-0.3, -0.25) is 4.79 Å². The minimum Gasteiger partial charge on any atom is -0.349 e. The smallest absolute Gasteiger partial charge is 0.270 e. The Bertz CT molecular complexity index is 580. The van der Waals surface area contributed by atoms with Crippen molar-refractivity contribution < 1.29 is 4.79 Å². The van der Waals surface area contributed by atoms with Crippen molar-refractivity contribution in [1.29, 1.82) is 0 Å². The van der Waals surface area contributed by atoms with E-state index in [9.17, 15) is 4.79 Å². The number of carbonyl (C=O) groups excluding carboxylic acids is 1. The van der Waals surface area contributed by atoms with E-state index < -0.39 is 0 Å². The Morgan fingerprint density at radius 3 is 2.94 bits per heavy atom. The van der Waals surface area contributed by atoms with E-state index in [1.54, 1.807) is 0 Å². The molecule has 3 nitrogen and oxygen atoms in total. The van der Waals surface area contributed by atoms with Gasteiger partial charge in [-0.1, -0.05) is 35.7 Å². The third-order valence-electron chi connectivity index (χ3n) is 2.22. The fraction of sp³-hybridized carbons (Fsp3) is 0.0833. The standard InChI is InChI=1S/C12H9ClN2O/c1-2-7-14-12(16)11-10(13)8-5-3-4-6-9(8)15-11/h1,3-6,15H,7H2,(H,14,16). The van der Waals surface area contributed by atoms with E-state index in [0.717, 1.165) is 10.9 Å². The van der Waals surface area contributed by atoms with Gasteiger partial charge in [0.1, 0.15) is 5.69 Å². The Hall–Kier alpha value is -1.92. The van der Waals surface area contributed by atoms with Gasteiger partial charge in [-0.25, -0.2) is 0 Å². The van der Waals surface area contributed by atoms with Crippen LogP contribution in [0.1, 0.15) is 10.5 Å². The van der Waals surface area contributed by atoms with Crippen LogP contribution in [0.5, 0.6) is 0 Å². The van der Waals surface area contributed by atoms with E-state index in [1.807, 2.05) is 24.3 Å². The molecule has 1 aromatic carbocycles. The van der Waals surface area contributed by atoms with Crippen molar-refractivity contribution in [1.82, 2.24) is 10.3 Å². The second-order valence-electron chi connectivity index (χ2n) is 3.25. The first-order valence-corrected chi connectivity index (χ1v) is 5.09. The van der Waals surface area contributed by atoms with Gasteiger partial charge in [-0.05, 0) is 6.07 Å². The van der Waals surface area contributed by atoms with Gasteiger partial charge in [-0.2, -0.15) is 0 Å². The Morgan fingerprint density at radius 1 is 1.50 bits per heavy atom. The Balaban J connectivity index is 2.42. The van der Waals surface area contributed by atoms with Crippen molar-refractivity contribution in [2.75, 3.05) is 6.54 Å². The summed E-state index contributed by atoms with van der Waals surface area (Å²) in [5, 5.41) is 3.81. The third-order valence-corrected chi connectivity index (χ3v) is 2.61. The van der Waals surface area contributed by atoms with Crippen molar-refractivity contribution in [3.05, 3.63) is 35.0 Å². The average Bonchev–Trinajstić information content (AvgIpc) is 2.64. The highest BCUT2D eigenvalue weighted by molar-refractivity contribution is 6.38. The van der Waals surface area contributed by atoms with Gasteiger partial charge in [-0.15, -0.1) is 6.42 Å². The summed E-state index contributed by atoms with van der Waals surface area (Å²) in [5.41, 5.74) is 1.18. The lowest BCUT2D eigenvalue weighted by Crippen LogP contribution is -2.24. The monoisotopic (exact) mass is 232 g/mol. The zero-order valence-electron chi connectivity index (χ0n) is 8.38. The minimum atomic E-state index is -0.292. The Labute approximate surface area is 97.8 Å². The molecule has 1 amide bonds. The Morgan fingerprint density at radius 2 is 2.25 bits per heavy atom. The number of hydrogen-bond donors (Lipinski definition) is 2. The average molecular weight is 233 g/mol. The summed E-state index contributed by atoms with van der Waals surface area (Å²) in [4.78, 5) is 14.6. The van der Waals surface area contributed by atoms with E-state index in [-0.39, 0.29) is 12.5 Å². The first-order chi connectivity index (χ1) is 7.74. The molecule has 80 valence electrons. The number of aromatic nitrogens is 1. The lowest BCUT2D eigenvalue weighted by molar-refractivity contribution is 0.0955. The summed E-state index contributed by atoms with van der Waals surface area (Å²) in [6.07, 6.45) is 5.06. The van der Waals surface area contributed by atoms with Crippen LogP contribution >= 0.6 is 11.6 Å². The van der Waals surface area contributed by atoms with Gasteiger partial charge in [0, 0.05) is 10.9 Å². The third kappa shape index (κ3) is 1.75. The quantitative estimate of drug-likeness (QED) is 0.766. The fourth-order valence-corrected chi connectivity index (χ4v) is 1.78. The molecule has 0 atom stereocenters. The predicted octanol–water partition coefficient (Wildman–Crippen LogP) is 2.18. The molecule has 4 heteroatoms. The van der Waals surface area contributed by atoms with Crippen molar-refractivity contribution >= 4 is 28.4 Å². The first-order valence-electron chi connectivity index (χ1n) is 4.72. The van der Waals surface area contributed by atoms with Crippen LogP contribution in [-0.4, -0.2) is 17.4 Å². The molecule has 16 heavy (non-hydrogen) atoms. The summed E-state index contributed by atoms with van der Waals surface area (Å²) in [6.45, 7) is 0.185. The molecule has 0 aliphatic rings. The number of terminal acetylenes is 1. The number of para-hydroxylation sites is 1. The number of halogens is 1. The molecule has 0 fully saturated rings. The number of aromatic amines is 1. The molecule has 0 aliphatic carbocycles. The highest BCUT2D eigenvalue weighted by Gasteiger charge is 2.14. The van der Waals surface area contributed by atoms with E-state index in [1.165, 1.54) is 0 Å². The van der Waals surface area contributed by atoms with Gasteiger partial charge >= 0.3 is 0 Å². The van der Waals surface area contributed by atoms with Crippen LogP contribution in [-0.2, 0) is 0 Å². The molecule has 0 radical (unpaired) electrons. The molecule has 0 bridgehead atoms. The molecule has 0 aliphatic heterocycles. The Kier molecular flexibility index (Phi) is 2.84. The molecule has 2 N–H and O–H groups in total. The van der Waals surface area contributed by atoms with Crippen LogP contribution in [0.4, 0.5) is 0 Å². The highest BCUT2D eigenvalue weighted by Crippen LogP contribution is 2.26. The number of carbonyl (C=O) groups is 1. The largest absolute Gasteiger partial charge is 0.349 e. The number of rotatable bonds is 2. The molecule has 0 saturated heterocycles. The zero-order chi connectivity index (χ0) is 11.5. The van der Waals surface area contributed by atoms with Gasteiger partial charge in [0.2, 0.25) is 0 Å². The first kappa shape index (κ1) is 10.6. The maximum atomic E-state index is 11.7. The van der Waals surface area contributed by atoms with E-state index in [2.05, 4.69) is 16.2 Å². The normalized spacial score (nSPS) is 10.0. The molecule has 0 unspecified atom stereocenters. The number of benzene rings is 1. The lowest BCUT2D eigenvalue weighted by Gasteiger charge is -1.98. The minimum absolute atomic E-state index is 0.185. The van der Waals surface area contributed by atoms with Crippen LogP contribution in [0.15, 0.2) is 24.3 Å². The fourth-order valence-electron chi connectivity index (χ4n) is 1.48. The second kappa shape index (κ2) is 4.30. The second-order valence-corrected chi connectivity index (χ2v) is 3.62.